The van der Waals surface area contributed by atoms with E-state index in [9.17, 15) is 9.59 Å². The fraction of sp³-hybridized carbons (Fsp3) is 0.261. The van der Waals surface area contributed by atoms with Crippen LogP contribution < -0.4 is 10.9 Å². The van der Waals surface area contributed by atoms with Gasteiger partial charge in [0.15, 0.2) is 5.16 Å². The van der Waals surface area contributed by atoms with Crippen LogP contribution in [0.15, 0.2) is 52.4 Å². The lowest BCUT2D eigenvalue weighted by Crippen LogP contribution is -2.32. The van der Waals surface area contributed by atoms with Crippen molar-refractivity contribution in [1.82, 2.24) is 19.9 Å². The van der Waals surface area contributed by atoms with Crippen LogP contribution in [0.2, 0.25) is 0 Å². The van der Waals surface area contributed by atoms with Gasteiger partial charge in [0.2, 0.25) is 5.91 Å². The van der Waals surface area contributed by atoms with Gasteiger partial charge < -0.3 is 10.3 Å². The molecule has 0 aliphatic heterocycles. The summed E-state index contributed by atoms with van der Waals surface area (Å²) in [4.78, 5) is 33.9. The second-order valence-corrected chi connectivity index (χ2v) is 8.60. The van der Waals surface area contributed by atoms with Crippen LogP contribution in [0.25, 0.3) is 27.6 Å². The summed E-state index contributed by atoms with van der Waals surface area (Å²) in [5.41, 5.74) is 4.66. The van der Waals surface area contributed by atoms with Gasteiger partial charge in [-0.2, -0.15) is 0 Å². The number of aromatic nitrogens is 3. The average molecular weight is 421 g/mol. The number of carbonyl (C=O) groups excluding carboxylic acids is 1. The minimum atomic E-state index is -0.170. The highest BCUT2D eigenvalue weighted by molar-refractivity contribution is 7.99. The van der Waals surface area contributed by atoms with Gasteiger partial charge in [-0.1, -0.05) is 42.1 Å². The molecule has 2 heterocycles. The molecular weight excluding hydrogens is 396 g/mol. The number of hydrogen-bond donors (Lipinski definition) is 2. The molecule has 0 bridgehead atoms. The summed E-state index contributed by atoms with van der Waals surface area (Å²) >= 11 is 1.27. The van der Waals surface area contributed by atoms with Crippen LogP contribution >= 0.6 is 11.8 Å². The van der Waals surface area contributed by atoms with E-state index < -0.39 is 0 Å². The Hall–Kier alpha value is -3.06. The van der Waals surface area contributed by atoms with E-state index >= 15 is 0 Å². The van der Waals surface area contributed by atoms with Crippen molar-refractivity contribution < 1.29 is 4.79 Å². The van der Waals surface area contributed by atoms with Crippen LogP contribution in [-0.2, 0) is 4.79 Å². The first-order chi connectivity index (χ1) is 14.4. The Kier molecular flexibility index (Phi) is 5.39. The van der Waals surface area contributed by atoms with Gasteiger partial charge in [-0.25, -0.2) is 4.98 Å². The van der Waals surface area contributed by atoms with E-state index in [1.54, 1.807) is 4.57 Å². The number of rotatable bonds is 5. The third-order valence-corrected chi connectivity index (χ3v) is 6.03. The number of amides is 1. The zero-order chi connectivity index (χ0) is 21.4. The molecule has 6 nitrogen and oxygen atoms in total. The Balaban J connectivity index is 1.94. The fourth-order valence-electron chi connectivity index (χ4n) is 3.52. The lowest BCUT2D eigenvalue weighted by Gasteiger charge is -2.15. The second kappa shape index (κ2) is 7.99. The van der Waals surface area contributed by atoms with Gasteiger partial charge in [0.25, 0.3) is 5.56 Å². The molecule has 0 radical (unpaired) electrons. The van der Waals surface area contributed by atoms with Crippen LogP contribution in [0, 0.1) is 13.8 Å². The molecule has 0 spiro atoms. The highest BCUT2D eigenvalue weighted by Crippen LogP contribution is 2.27. The van der Waals surface area contributed by atoms with Crippen LogP contribution in [-0.4, -0.2) is 32.2 Å². The molecular formula is C23H24N4O2S. The van der Waals surface area contributed by atoms with E-state index in [-0.39, 0.29) is 23.3 Å². The van der Waals surface area contributed by atoms with Gasteiger partial charge in [0, 0.05) is 16.9 Å². The number of aryl methyl sites for hydroxylation is 1. The summed E-state index contributed by atoms with van der Waals surface area (Å²) in [7, 11) is 0. The molecule has 0 aliphatic carbocycles. The van der Waals surface area contributed by atoms with Gasteiger partial charge >= 0.3 is 0 Å². The number of fused-ring (bicyclic) bond motifs is 3. The van der Waals surface area contributed by atoms with E-state index in [2.05, 4.69) is 10.3 Å². The molecule has 4 aromatic rings. The number of carbonyl (C=O) groups is 1. The molecule has 0 atom stereocenters. The smallest absolute Gasteiger partial charge is 0.283 e. The van der Waals surface area contributed by atoms with Crippen molar-refractivity contribution in [3.63, 3.8) is 0 Å². The Morgan fingerprint density at radius 2 is 1.93 bits per heavy atom. The molecule has 2 N–H and O–H groups in total. The van der Waals surface area contributed by atoms with Crippen molar-refractivity contribution in [2.45, 2.75) is 38.9 Å². The van der Waals surface area contributed by atoms with Gasteiger partial charge in [-0.3, -0.25) is 14.2 Å². The van der Waals surface area contributed by atoms with Gasteiger partial charge in [-0.15, -0.1) is 0 Å². The third kappa shape index (κ3) is 3.61. The molecule has 30 heavy (non-hydrogen) atoms. The van der Waals surface area contributed by atoms with Crippen LogP contribution in [0.3, 0.4) is 0 Å². The lowest BCUT2D eigenvalue weighted by atomic mass is 10.1. The normalized spacial score (nSPS) is 11.5. The predicted molar refractivity (Wildman–Crippen MR) is 123 cm³/mol. The van der Waals surface area contributed by atoms with E-state index in [4.69, 9.17) is 4.98 Å². The summed E-state index contributed by atoms with van der Waals surface area (Å²) in [6, 6.07) is 13.6. The number of aromatic amines is 1. The zero-order valence-electron chi connectivity index (χ0n) is 17.4. The Bertz CT molecular complexity index is 1320. The number of H-pyrrole nitrogens is 1. The number of thioether (sulfide) groups is 1. The zero-order valence-corrected chi connectivity index (χ0v) is 18.3. The molecule has 1 amide bonds. The van der Waals surface area contributed by atoms with E-state index in [1.807, 2.05) is 70.2 Å². The van der Waals surface area contributed by atoms with Gasteiger partial charge in [0.1, 0.15) is 11.0 Å². The molecule has 4 rings (SSSR count). The molecule has 0 saturated heterocycles. The number of nitrogens with zero attached hydrogens (tertiary/aromatic N) is 2. The monoisotopic (exact) mass is 420 g/mol. The average Bonchev–Trinajstić information content (AvgIpc) is 3.08. The molecule has 154 valence electrons. The predicted octanol–water partition coefficient (Wildman–Crippen LogP) is 4.10. The first-order valence-corrected chi connectivity index (χ1v) is 10.9. The van der Waals surface area contributed by atoms with Gasteiger partial charge in [-0.05, 0) is 51.0 Å². The Morgan fingerprint density at radius 1 is 1.17 bits per heavy atom. The summed E-state index contributed by atoms with van der Waals surface area (Å²) in [6.45, 7) is 7.85. The standard InChI is InChI=1S/C23H24N4O2S/c1-13(2)24-19(28)12-30-23-26-20-16-9-5-6-10-17(16)25-21(20)22(29)27(23)18-11-7-8-14(3)15(18)4/h5-11,13,25H,12H2,1-4H3,(H,24,28). The fourth-order valence-corrected chi connectivity index (χ4v) is 4.33. The quantitative estimate of drug-likeness (QED) is 0.376. The van der Waals surface area contributed by atoms with E-state index in [0.717, 1.165) is 27.7 Å². The minimum Gasteiger partial charge on any atom is -0.353 e. The maximum Gasteiger partial charge on any atom is 0.283 e. The maximum absolute atomic E-state index is 13.6. The number of para-hydroxylation sites is 1. The maximum atomic E-state index is 13.6. The molecule has 0 unspecified atom stereocenters. The van der Waals surface area contributed by atoms with E-state index in [1.165, 1.54) is 11.8 Å². The van der Waals surface area contributed by atoms with Crippen molar-refractivity contribution in [3.8, 4) is 5.69 Å². The largest absolute Gasteiger partial charge is 0.353 e. The second-order valence-electron chi connectivity index (χ2n) is 7.66. The Morgan fingerprint density at radius 3 is 2.70 bits per heavy atom. The topological polar surface area (TPSA) is 79.8 Å². The van der Waals surface area contributed by atoms with Crippen molar-refractivity contribution in [1.29, 1.82) is 0 Å². The van der Waals surface area contributed by atoms with Crippen LogP contribution in [0.4, 0.5) is 0 Å². The first-order valence-electron chi connectivity index (χ1n) is 9.89. The van der Waals surface area contributed by atoms with Crippen molar-refractivity contribution in [2.75, 3.05) is 5.75 Å². The lowest BCUT2D eigenvalue weighted by molar-refractivity contribution is -0.119. The summed E-state index contributed by atoms with van der Waals surface area (Å²) < 4.78 is 1.62. The number of benzene rings is 2. The molecule has 2 aromatic carbocycles. The Labute approximate surface area is 178 Å². The number of nitrogens with one attached hydrogen (secondary N) is 2. The highest BCUT2D eigenvalue weighted by Gasteiger charge is 2.19. The number of hydrogen-bond acceptors (Lipinski definition) is 4. The van der Waals surface area contributed by atoms with Crippen molar-refractivity contribution in [3.05, 3.63) is 63.9 Å². The first kappa shape index (κ1) is 20.2. The van der Waals surface area contributed by atoms with Gasteiger partial charge in [0.05, 0.1) is 11.4 Å². The minimum absolute atomic E-state index is 0.0587. The summed E-state index contributed by atoms with van der Waals surface area (Å²) in [5, 5.41) is 4.29. The van der Waals surface area contributed by atoms with E-state index in [0.29, 0.717) is 16.2 Å². The van der Waals surface area contributed by atoms with Crippen molar-refractivity contribution in [2.24, 2.45) is 0 Å². The highest BCUT2D eigenvalue weighted by atomic mass is 32.2. The van der Waals surface area contributed by atoms with Crippen LogP contribution in [0.5, 0.6) is 0 Å². The van der Waals surface area contributed by atoms with Crippen molar-refractivity contribution >= 4 is 39.6 Å². The molecule has 0 saturated carbocycles. The molecule has 0 aliphatic rings. The third-order valence-electron chi connectivity index (χ3n) is 5.09. The molecule has 2 aromatic heterocycles. The summed E-state index contributed by atoms with van der Waals surface area (Å²) in [6.07, 6.45) is 0. The summed E-state index contributed by atoms with van der Waals surface area (Å²) in [5.74, 6) is 0.0966. The SMILES string of the molecule is Cc1cccc(-n2c(SCC(=O)NC(C)C)nc3c([nH]c4ccccc43)c2=O)c1C. The molecule has 7 heteroatoms. The molecule has 0 fully saturated rings. The van der Waals surface area contributed by atoms with Crippen LogP contribution in [0.1, 0.15) is 25.0 Å².